The molecule has 7 nitrogen and oxygen atoms in total. The average Bonchev–Trinajstić information content (AvgIpc) is 2.63. The fourth-order valence-electron chi connectivity index (χ4n) is 3.54. The van der Waals surface area contributed by atoms with Crippen LogP contribution in [0.15, 0.2) is 18.2 Å². The van der Waals surface area contributed by atoms with Gasteiger partial charge in [-0.1, -0.05) is 11.6 Å². The van der Waals surface area contributed by atoms with Gasteiger partial charge in [-0.05, 0) is 44.4 Å². The standard InChI is InChI=1S/C17H21ClF3N3O2.CH3NO/c18-11-7-12(9-14(8-11)26-17(19,20)21)23-15-4-2-6-24(16(15)25)13-3-1-5-22-10-13;2-1-3/h7-9,13,15,22-23H,1-6,10H2;1H,(H2,2,3). The third-order valence-corrected chi connectivity index (χ3v) is 4.85. The van der Waals surface area contributed by atoms with Crippen LogP contribution in [0.4, 0.5) is 18.9 Å². The molecule has 0 radical (unpaired) electrons. The number of nitrogens with two attached hydrogens (primary N) is 1. The van der Waals surface area contributed by atoms with Crippen LogP contribution in [0, 0.1) is 0 Å². The summed E-state index contributed by atoms with van der Waals surface area (Å²) < 4.78 is 41.2. The molecule has 29 heavy (non-hydrogen) atoms. The lowest BCUT2D eigenvalue weighted by Gasteiger charge is -2.40. The highest BCUT2D eigenvalue weighted by atomic mass is 35.5. The zero-order chi connectivity index (χ0) is 21.4. The molecule has 2 saturated heterocycles. The van der Waals surface area contributed by atoms with Crippen LogP contribution < -0.4 is 21.1 Å². The van der Waals surface area contributed by atoms with E-state index in [0.717, 1.165) is 38.4 Å². The number of hydrogen-bond donors (Lipinski definition) is 3. The van der Waals surface area contributed by atoms with Crippen LogP contribution in [-0.4, -0.2) is 55.3 Å². The molecule has 2 unspecified atom stereocenters. The Morgan fingerprint density at radius 1 is 1.28 bits per heavy atom. The number of rotatable bonds is 4. The Bertz CT molecular complexity index is 699. The number of amides is 2. The topological polar surface area (TPSA) is 96.7 Å². The lowest BCUT2D eigenvalue weighted by molar-refractivity contribution is -0.274. The van der Waals surface area contributed by atoms with E-state index in [9.17, 15) is 18.0 Å². The Balaban J connectivity index is 0.000000941. The van der Waals surface area contributed by atoms with Crippen molar-refractivity contribution < 1.29 is 27.5 Å². The van der Waals surface area contributed by atoms with Gasteiger partial charge in [-0.3, -0.25) is 9.59 Å². The molecule has 2 heterocycles. The van der Waals surface area contributed by atoms with Crippen molar-refractivity contribution in [2.24, 2.45) is 5.73 Å². The predicted octanol–water partition coefficient (Wildman–Crippen LogP) is 2.50. The maximum atomic E-state index is 12.8. The Morgan fingerprint density at radius 2 is 2.00 bits per heavy atom. The third kappa shape index (κ3) is 7.28. The lowest BCUT2D eigenvalue weighted by atomic mass is 9.98. The van der Waals surface area contributed by atoms with Crippen LogP contribution in [0.25, 0.3) is 0 Å². The minimum absolute atomic E-state index is 0.0248. The summed E-state index contributed by atoms with van der Waals surface area (Å²) in [7, 11) is 0. The molecule has 2 amide bonds. The smallest absolute Gasteiger partial charge is 0.406 e. The summed E-state index contributed by atoms with van der Waals surface area (Å²) in [6, 6.07) is 3.46. The van der Waals surface area contributed by atoms with E-state index in [0.29, 0.717) is 18.7 Å². The molecule has 1 aromatic carbocycles. The van der Waals surface area contributed by atoms with Crippen molar-refractivity contribution >= 4 is 29.6 Å². The maximum absolute atomic E-state index is 12.8. The fourth-order valence-corrected chi connectivity index (χ4v) is 3.76. The molecule has 4 N–H and O–H groups in total. The zero-order valence-electron chi connectivity index (χ0n) is 15.7. The lowest BCUT2D eigenvalue weighted by Crippen LogP contribution is -2.55. The van der Waals surface area contributed by atoms with Gasteiger partial charge in [-0.15, -0.1) is 13.2 Å². The third-order valence-electron chi connectivity index (χ3n) is 4.63. The number of alkyl halides is 3. The van der Waals surface area contributed by atoms with Gasteiger partial charge in [0.15, 0.2) is 0 Å². The van der Waals surface area contributed by atoms with E-state index in [1.165, 1.54) is 12.1 Å². The highest BCUT2D eigenvalue weighted by molar-refractivity contribution is 6.31. The van der Waals surface area contributed by atoms with Crippen molar-refractivity contribution in [3.05, 3.63) is 23.2 Å². The summed E-state index contributed by atoms with van der Waals surface area (Å²) >= 11 is 5.89. The van der Waals surface area contributed by atoms with Gasteiger partial charge in [-0.2, -0.15) is 0 Å². The SMILES string of the molecule is NC=O.O=C1C(Nc2cc(Cl)cc(OC(F)(F)F)c2)CCCN1C1CCCNC1. The van der Waals surface area contributed by atoms with Gasteiger partial charge < -0.3 is 26.0 Å². The minimum Gasteiger partial charge on any atom is -0.406 e. The van der Waals surface area contributed by atoms with Crippen LogP contribution in [0.2, 0.25) is 5.02 Å². The number of nitrogens with one attached hydrogen (secondary N) is 2. The van der Waals surface area contributed by atoms with E-state index in [1.807, 2.05) is 4.90 Å². The molecular formula is C18H24ClF3N4O3. The number of anilines is 1. The summed E-state index contributed by atoms with van der Waals surface area (Å²) in [6.45, 7) is 2.45. The summed E-state index contributed by atoms with van der Waals surface area (Å²) in [5.74, 6) is -0.438. The molecule has 162 valence electrons. The molecule has 2 atom stereocenters. The first kappa shape index (κ1) is 23.1. The number of hydrogen-bond acceptors (Lipinski definition) is 5. The molecule has 11 heteroatoms. The molecule has 0 aliphatic carbocycles. The van der Waals surface area contributed by atoms with Crippen LogP contribution in [0.3, 0.4) is 0 Å². The summed E-state index contributed by atoms with van der Waals surface area (Å²) in [6.07, 6.45) is -1.09. The fraction of sp³-hybridized carbons (Fsp3) is 0.556. The van der Waals surface area contributed by atoms with Crippen LogP contribution in [0.5, 0.6) is 5.75 Å². The van der Waals surface area contributed by atoms with Crippen molar-refractivity contribution in [2.75, 3.05) is 25.0 Å². The summed E-state index contributed by atoms with van der Waals surface area (Å²) in [5, 5.41) is 6.42. The number of likely N-dealkylation sites (tertiary alicyclic amines) is 1. The first-order valence-electron chi connectivity index (χ1n) is 9.23. The van der Waals surface area contributed by atoms with Crippen LogP contribution >= 0.6 is 11.6 Å². The maximum Gasteiger partial charge on any atom is 0.573 e. The van der Waals surface area contributed by atoms with Gasteiger partial charge in [0.25, 0.3) is 0 Å². The molecule has 2 aliphatic heterocycles. The molecule has 0 bridgehead atoms. The van der Waals surface area contributed by atoms with Crippen molar-refractivity contribution in [2.45, 2.75) is 44.1 Å². The number of halogens is 4. The normalized spacial score (nSPS) is 22.3. The Hall–Kier alpha value is -2.20. The second kappa shape index (κ2) is 10.5. The van der Waals surface area contributed by atoms with Crippen molar-refractivity contribution in [3.63, 3.8) is 0 Å². The van der Waals surface area contributed by atoms with Gasteiger partial charge in [0.05, 0.1) is 0 Å². The van der Waals surface area contributed by atoms with E-state index in [-0.39, 0.29) is 23.4 Å². The highest BCUT2D eigenvalue weighted by Gasteiger charge is 2.34. The Labute approximate surface area is 171 Å². The molecular weight excluding hydrogens is 413 g/mol. The van der Waals surface area contributed by atoms with E-state index in [1.54, 1.807) is 0 Å². The zero-order valence-corrected chi connectivity index (χ0v) is 16.4. The van der Waals surface area contributed by atoms with Gasteiger partial charge >= 0.3 is 6.36 Å². The van der Waals surface area contributed by atoms with E-state index >= 15 is 0 Å². The second-order valence-corrected chi connectivity index (χ2v) is 7.17. The van der Waals surface area contributed by atoms with Gasteiger partial charge in [0.2, 0.25) is 12.3 Å². The highest BCUT2D eigenvalue weighted by Crippen LogP contribution is 2.30. The molecule has 0 saturated carbocycles. The van der Waals surface area contributed by atoms with E-state index < -0.39 is 18.2 Å². The van der Waals surface area contributed by atoms with Gasteiger partial charge in [0, 0.05) is 35.9 Å². The predicted molar refractivity (Wildman–Crippen MR) is 103 cm³/mol. The number of nitrogens with zero attached hydrogens (tertiary/aromatic N) is 1. The Morgan fingerprint density at radius 3 is 2.62 bits per heavy atom. The van der Waals surface area contributed by atoms with Crippen molar-refractivity contribution in [1.29, 1.82) is 0 Å². The number of carbonyl (C=O) groups is 2. The average molecular weight is 437 g/mol. The molecule has 0 aromatic heterocycles. The van der Waals surface area contributed by atoms with Crippen LogP contribution in [-0.2, 0) is 9.59 Å². The first-order valence-corrected chi connectivity index (χ1v) is 9.60. The van der Waals surface area contributed by atoms with Crippen LogP contribution in [0.1, 0.15) is 25.7 Å². The quantitative estimate of drug-likeness (QED) is 0.630. The molecule has 2 aliphatic rings. The number of ether oxygens (including phenoxy) is 1. The summed E-state index contributed by atoms with van der Waals surface area (Å²) in [5.41, 5.74) is 4.50. The second-order valence-electron chi connectivity index (χ2n) is 6.73. The van der Waals surface area contributed by atoms with Crippen molar-refractivity contribution in [1.82, 2.24) is 10.2 Å². The minimum atomic E-state index is -4.80. The van der Waals surface area contributed by atoms with E-state index in [2.05, 4.69) is 21.1 Å². The molecule has 1 aromatic rings. The molecule has 0 spiro atoms. The van der Waals surface area contributed by atoms with E-state index in [4.69, 9.17) is 16.4 Å². The van der Waals surface area contributed by atoms with Crippen molar-refractivity contribution in [3.8, 4) is 5.75 Å². The number of benzene rings is 1. The molecule has 3 rings (SSSR count). The largest absolute Gasteiger partial charge is 0.573 e. The van der Waals surface area contributed by atoms with Gasteiger partial charge in [0.1, 0.15) is 11.8 Å². The Kier molecular flexibility index (Phi) is 8.39. The first-order chi connectivity index (χ1) is 13.7. The summed E-state index contributed by atoms with van der Waals surface area (Å²) in [4.78, 5) is 23.3. The van der Waals surface area contributed by atoms with Gasteiger partial charge in [-0.25, -0.2) is 0 Å². The number of piperidine rings is 2. The number of carbonyl (C=O) groups excluding carboxylic acids is 2. The molecule has 2 fully saturated rings. The number of primary amides is 1. The monoisotopic (exact) mass is 436 g/mol.